The van der Waals surface area contributed by atoms with Gasteiger partial charge in [-0.2, -0.15) is 0 Å². The topological polar surface area (TPSA) is 41.6 Å². The molecule has 4 nitrogen and oxygen atoms in total. The first kappa shape index (κ1) is 19.0. The summed E-state index contributed by atoms with van der Waals surface area (Å²) in [4.78, 5) is 14.6. The zero-order chi connectivity index (χ0) is 18.5. The van der Waals surface area contributed by atoms with Crippen molar-refractivity contribution in [2.45, 2.75) is 12.8 Å². The maximum atomic E-state index is 12.2. The molecule has 26 heavy (non-hydrogen) atoms. The number of nitrogens with zero attached hydrogens (tertiary/aromatic N) is 1. The van der Waals surface area contributed by atoms with E-state index in [9.17, 15) is 4.79 Å². The minimum absolute atomic E-state index is 0.183. The number of nitrogens with one attached hydrogen (secondary N) is 1. The van der Waals surface area contributed by atoms with Gasteiger partial charge in [-0.25, -0.2) is 0 Å². The third-order valence-electron chi connectivity index (χ3n) is 4.26. The van der Waals surface area contributed by atoms with Gasteiger partial charge in [-0.15, -0.1) is 0 Å². The van der Waals surface area contributed by atoms with Gasteiger partial charge in [-0.3, -0.25) is 4.79 Å². The molecule has 0 aliphatic carbocycles. The van der Waals surface area contributed by atoms with Crippen LogP contribution < -0.4 is 15.0 Å². The maximum Gasteiger partial charge on any atom is 0.248 e. The molecule has 2 aromatic carbocycles. The normalized spacial score (nSPS) is 14.0. The molecule has 2 aromatic rings. The second kappa shape index (κ2) is 8.73. The summed E-state index contributed by atoms with van der Waals surface area (Å²) < 4.78 is 7.12. The number of carbonyl (C=O) groups is 1. The van der Waals surface area contributed by atoms with Gasteiger partial charge < -0.3 is 15.0 Å². The Bertz CT molecular complexity index is 813. The molecule has 0 radical (unpaired) electrons. The number of anilines is 2. The summed E-state index contributed by atoms with van der Waals surface area (Å²) in [5.74, 6) is 0.504. The number of halogens is 2. The van der Waals surface area contributed by atoms with E-state index in [1.54, 1.807) is 13.2 Å². The minimum atomic E-state index is -0.183. The number of ether oxygens (including phenoxy) is 1. The maximum absolute atomic E-state index is 12.2. The predicted molar refractivity (Wildman–Crippen MR) is 114 cm³/mol. The molecule has 0 atom stereocenters. The molecule has 136 valence electrons. The fourth-order valence-electron chi connectivity index (χ4n) is 3.00. The van der Waals surface area contributed by atoms with Crippen molar-refractivity contribution in [3.05, 3.63) is 57.0 Å². The van der Waals surface area contributed by atoms with Crippen LogP contribution >= 0.6 is 31.9 Å². The third kappa shape index (κ3) is 4.68. The SMILES string of the molecule is COc1c(Br)cc(Br)cc1/C=C/C(=O)Nc1ccc(N2CCCC2)cc1. The molecule has 1 aliphatic heterocycles. The van der Waals surface area contributed by atoms with Crippen LogP contribution in [-0.4, -0.2) is 26.1 Å². The highest BCUT2D eigenvalue weighted by molar-refractivity contribution is 9.11. The Labute approximate surface area is 170 Å². The average molecular weight is 480 g/mol. The van der Waals surface area contributed by atoms with Gasteiger partial charge in [0, 0.05) is 40.6 Å². The number of amides is 1. The molecule has 1 heterocycles. The molecule has 0 bridgehead atoms. The van der Waals surface area contributed by atoms with Crippen LogP contribution in [0.5, 0.6) is 5.75 Å². The third-order valence-corrected chi connectivity index (χ3v) is 5.31. The van der Waals surface area contributed by atoms with Crippen molar-refractivity contribution in [2.24, 2.45) is 0 Å². The lowest BCUT2D eigenvalue weighted by atomic mass is 10.2. The van der Waals surface area contributed by atoms with Crippen LogP contribution in [0.2, 0.25) is 0 Å². The van der Waals surface area contributed by atoms with Crippen LogP contribution in [-0.2, 0) is 4.79 Å². The Morgan fingerprint density at radius 1 is 1.15 bits per heavy atom. The van der Waals surface area contributed by atoms with E-state index < -0.39 is 0 Å². The standard InChI is InChI=1S/C20H20Br2N2O2/c1-26-20-14(12-15(21)13-18(20)22)4-9-19(25)23-16-5-7-17(8-6-16)24-10-2-3-11-24/h4-9,12-13H,2-3,10-11H2,1H3,(H,23,25)/b9-4+. The van der Waals surface area contributed by atoms with Crippen molar-refractivity contribution in [3.8, 4) is 5.75 Å². The van der Waals surface area contributed by atoms with Gasteiger partial charge in [0.25, 0.3) is 0 Å². The first-order valence-electron chi connectivity index (χ1n) is 8.44. The molecule has 3 rings (SSSR count). The highest BCUT2D eigenvalue weighted by Gasteiger charge is 2.12. The molecule has 0 unspecified atom stereocenters. The van der Waals surface area contributed by atoms with Crippen LogP contribution in [0.4, 0.5) is 11.4 Å². The van der Waals surface area contributed by atoms with Gasteiger partial charge in [-0.05, 0) is 71.2 Å². The van der Waals surface area contributed by atoms with E-state index in [2.05, 4.69) is 54.2 Å². The summed E-state index contributed by atoms with van der Waals surface area (Å²) in [5.41, 5.74) is 2.80. The smallest absolute Gasteiger partial charge is 0.248 e. The van der Waals surface area contributed by atoms with Gasteiger partial charge in [0.2, 0.25) is 5.91 Å². The molecule has 1 aliphatic rings. The van der Waals surface area contributed by atoms with Crippen molar-refractivity contribution in [2.75, 3.05) is 30.4 Å². The van der Waals surface area contributed by atoms with Crippen LogP contribution in [0.25, 0.3) is 6.08 Å². The predicted octanol–water partition coefficient (Wildman–Crippen LogP) is 5.47. The van der Waals surface area contributed by atoms with E-state index in [0.717, 1.165) is 33.3 Å². The summed E-state index contributed by atoms with van der Waals surface area (Å²) >= 11 is 6.91. The Hall–Kier alpha value is -1.79. The number of methoxy groups -OCH3 is 1. The van der Waals surface area contributed by atoms with Crippen LogP contribution in [0.3, 0.4) is 0 Å². The highest BCUT2D eigenvalue weighted by Crippen LogP contribution is 2.33. The Balaban J connectivity index is 1.66. The fraction of sp³-hybridized carbons (Fsp3) is 0.250. The Morgan fingerprint density at radius 3 is 2.50 bits per heavy atom. The van der Waals surface area contributed by atoms with Crippen molar-refractivity contribution in [1.29, 1.82) is 0 Å². The van der Waals surface area contributed by atoms with Crippen LogP contribution in [0, 0.1) is 0 Å². The Kier molecular flexibility index (Phi) is 6.38. The summed E-state index contributed by atoms with van der Waals surface area (Å²) in [7, 11) is 1.60. The largest absolute Gasteiger partial charge is 0.495 e. The first-order chi connectivity index (χ1) is 12.6. The Morgan fingerprint density at radius 2 is 1.85 bits per heavy atom. The molecule has 0 saturated carbocycles. The molecule has 6 heteroatoms. The van der Waals surface area contributed by atoms with Gasteiger partial charge in [0.15, 0.2) is 0 Å². The lowest BCUT2D eigenvalue weighted by Gasteiger charge is -2.17. The van der Waals surface area contributed by atoms with Gasteiger partial charge in [0.1, 0.15) is 5.75 Å². The highest BCUT2D eigenvalue weighted by atomic mass is 79.9. The lowest BCUT2D eigenvalue weighted by Crippen LogP contribution is -2.17. The fourth-order valence-corrected chi connectivity index (χ4v) is 4.42. The van der Waals surface area contributed by atoms with Crippen molar-refractivity contribution >= 4 is 55.2 Å². The molecule has 0 aromatic heterocycles. The van der Waals surface area contributed by atoms with E-state index in [0.29, 0.717) is 5.75 Å². The van der Waals surface area contributed by atoms with Gasteiger partial charge in [-0.1, -0.05) is 15.9 Å². The van der Waals surface area contributed by atoms with E-state index in [4.69, 9.17) is 4.74 Å². The zero-order valence-electron chi connectivity index (χ0n) is 14.5. The number of rotatable bonds is 5. The number of carbonyl (C=O) groups excluding carboxylic acids is 1. The summed E-state index contributed by atoms with van der Waals surface area (Å²) in [6.45, 7) is 2.22. The zero-order valence-corrected chi connectivity index (χ0v) is 17.6. The molecular formula is C20H20Br2N2O2. The van der Waals surface area contributed by atoms with E-state index in [-0.39, 0.29) is 5.91 Å². The van der Waals surface area contributed by atoms with E-state index in [1.165, 1.54) is 24.6 Å². The minimum Gasteiger partial charge on any atom is -0.495 e. The number of hydrogen-bond donors (Lipinski definition) is 1. The van der Waals surface area contributed by atoms with Crippen molar-refractivity contribution < 1.29 is 9.53 Å². The van der Waals surface area contributed by atoms with Crippen molar-refractivity contribution in [3.63, 3.8) is 0 Å². The second-order valence-electron chi connectivity index (χ2n) is 6.07. The molecule has 1 N–H and O–H groups in total. The molecule has 1 amide bonds. The number of benzene rings is 2. The lowest BCUT2D eigenvalue weighted by molar-refractivity contribution is -0.111. The van der Waals surface area contributed by atoms with Crippen LogP contribution in [0.1, 0.15) is 18.4 Å². The monoisotopic (exact) mass is 478 g/mol. The van der Waals surface area contributed by atoms with E-state index in [1.807, 2.05) is 24.3 Å². The van der Waals surface area contributed by atoms with Gasteiger partial charge >= 0.3 is 0 Å². The van der Waals surface area contributed by atoms with Gasteiger partial charge in [0.05, 0.1) is 11.6 Å². The van der Waals surface area contributed by atoms with E-state index >= 15 is 0 Å². The first-order valence-corrected chi connectivity index (χ1v) is 10.0. The number of hydrogen-bond acceptors (Lipinski definition) is 3. The quantitative estimate of drug-likeness (QED) is 0.578. The molecule has 0 spiro atoms. The second-order valence-corrected chi connectivity index (χ2v) is 7.84. The molecular weight excluding hydrogens is 460 g/mol. The average Bonchev–Trinajstić information content (AvgIpc) is 3.15. The summed E-state index contributed by atoms with van der Waals surface area (Å²) in [6, 6.07) is 11.8. The van der Waals surface area contributed by atoms with Crippen LogP contribution in [0.15, 0.2) is 51.4 Å². The molecule has 1 saturated heterocycles. The van der Waals surface area contributed by atoms with Crippen molar-refractivity contribution in [1.82, 2.24) is 0 Å². The summed E-state index contributed by atoms with van der Waals surface area (Å²) in [6.07, 6.45) is 5.74. The molecule has 1 fully saturated rings. The summed E-state index contributed by atoms with van der Waals surface area (Å²) in [5, 5.41) is 2.89.